The molecule has 0 aliphatic rings. The van der Waals surface area contributed by atoms with Crippen LogP contribution >= 0.6 is 11.3 Å². The van der Waals surface area contributed by atoms with Crippen LogP contribution in [-0.2, 0) is 0 Å². The molecule has 2 aromatic carbocycles. The number of aryl methyl sites for hydroxylation is 2. The molecule has 2 heterocycles. The maximum Gasteiger partial charge on any atom is 0.296 e. The predicted octanol–water partition coefficient (Wildman–Crippen LogP) is 3.45. The number of furan rings is 1. The largest absolute Gasteiger partial charge is 0.451 e. The number of nitrogens with one attached hydrogen (secondary N) is 1. The Bertz CT molecular complexity index is 1130. The van der Waals surface area contributed by atoms with Crippen molar-refractivity contribution >= 4 is 43.6 Å². The molecule has 4 rings (SSSR count). The van der Waals surface area contributed by atoms with Gasteiger partial charge in [0, 0.05) is 5.39 Å². The molecule has 0 unspecified atom stereocenters. The summed E-state index contributed by atoms with van der Waals surface area (Å²) in [6.45, 7) is 5.56. The average molecular weight is 395 g/mol. The highest BCUT2D eigenvalue weighted by atomic mass is 32.1. The summed E-state index contributed by atoms with van der Waals surface area (Å²) < 4.78 is 6.96. The summed E-state index contributed by atoms with van der Waals surface area (Å²) in [5.74, 6) is 0.202. The van der Waals surface area contributed by atoms with Gasteiger partial charge in [-0.15, -0.1) is 0 Å². The van der Waals surface area contributed by atoms with Crippen molar-refractivity contribution < 1.29 is 14.1 Å². The molecule has 0 radical (unpaired) electrons. The minimum absolute atomic E-state index is 0.147. The average Bonchev–Trinajstić information content (AvgIpc) is 3.25. The molecule has 2 aromatic heterocycles. The van der Waals surface area contributed by atoms with E-state index in [0.717, 1.165) is 32.9 Å². The SMILES string of the molecule is Cc1cc(C)c2sc(N(CC[NH+](C)C)C(=O)c3cc4ccccc4o3)nc2c1. The second-order valence-corrected chi connectivity index (χ2v) is 8.47. The van der Waals surface area contributed by atoms with E-state index in [2.05, 4.69) is 40.1 Å². The van der Waals surface area contributed by atoms with E-state index < -0.39 is 0 Å². The van der Waals surface area contributed by atoms with Crippen LogP contribution in [0.1, 0.15) is 21.7 Å². The highest BCUT2D eigenvalue weighted by Gasteiger charge is 2.25. The lowest BCUT2D eigenvalue weighted by Gasteiger charge is -2.19. The third-order valence-corrected chi connectivity index (χ3v) is 5.99. The summed E-state index contributed by atoms with van der Waals surface area (Å²) in [4.78, 5) is 21.2. The monoisotopic (exact) mass is 394 g/mol. The van der Waals surface area contributed by atoms with E-state index in [1.807, 2.05) is 30.3 Å². The van der Waals surface area contributed by atoms with Crippen molar-refractivity contribution in [3.05, 3.63) is 59.4 Å². The van der Waals surface area contributed by atoms with E-state index in [1.165, 1.54) is 16.0 Å². The fourth-order valence-electron chi connectivity index (χ4n) is 3.32. The van der Waals surface area contributed by atoms with Crippen LogP contribution in [0.3, 0.4) is 0 Å². The highest BCUT2D eigenvalue weighted by Crippen LogP contribution is 2.33. The molecule has 0 fully saturated rings. The molecule has 0 aliphatic heterocycles. The van der Waals surface area contributed by atoms with Crippen LogP contribution < -0.4 is 9.80 Å². The summed E-state index contributed by atoms with van der Waals surface area (Å²) in [7, 11) is 4.16. The van der Waals surface area contributed by atoms with Gasteiger partial charge in [-0.05, 0) is 43.2 Å². The molecule has 0 spiro atoms. The zero-order chi connectivity index (χ0) is 19.8. The zero-order valence-electron chi connectivity index (χ0n) is 16.6. The minimum atomic E-state index is -0.147. The third kappa shape index (κ3) is 3.53. The number of carbonyl (C=O) groups is 1. The second kappa shape index (κ2) is 7.37. The summed E-state index contributed by atoms with van der Waals surface area (Å²) in [5.41, 5.74) is 4.03. The number of anilines is 1. The summed E-state index contributed by atoms with van der Waals surface area (Å²) in [6, 6.07) is 13.7. The van der Waals surface area contributed by atoms with E-state index in [-0.39, 0.29) is 5.91 Å². The van der Waals surface area contributed by atoms with Crippen LogP contribution in [0, 0.1) is 13.8 Å². The molecule has 1 N–H and O–H groups in total. The minimum Gasteiger partial charge on any atom is -0.451 e. The quantitative estimate of drug-likeness (QED) is 0.564. The fraction of sp³-hybridized carbons (Fsp3) is 0.273. The highest BCUT2D eigenvalue weighted by molar-refractivity contribution is 7.22. The predicted molar refractivity (Wildman–Crippen MR) is 115 cm³/mol. The number of fused-ring (bicyclic) bond motifs is 2. The van der Waals surface area contributed by atoms with Crippen molar-refractivity contribution in [2.75, 3.05) is 32.1 Å². The molecule has 0 saturated carbocycles. The number of amides is 1. The van der Waals surface area contributed by atoms with Crippen molar-refractivity contribution in [1.29, 1.82) is 0 Å². The van der Waals surface area contributed by atoms with Gasteiger partial charge in [0.2, 0.25) is 0 Å². The van der Waals surface area contributed by atoms with Gasteiger partial charge in [-0.1, -0.05) is 35.6 Å². The van der Waals surface area contributed by atoms with Crippen molar-refractivity contribution in [3.8, 4) is 0 Å². The van der Waals surface area contributed by atoms with Crippen LogP contribution in [0.15, 0.2) is 46.9 Å². The molecule has 0 saturated heterocycles. The Hall–Kier alpha value is -2.70. The van der Waals surface area contributed by atoms with Gasteiger partial charge >= 0.3 is 0 Å². The number of likely N-dealkylation sites (N-methyl/N-ethyl adjacent to an activating group) is 1. The number of rotatable bonds is 5. The van der Waals surface area contributed by atoms with Gasteiger partial charge in [0.1, 0.15) is 5.58 Å². The first-order valence-electron chi connectivity index (χ1n) is 9.39. The molecule has 144 valence electrons. The van der Waals surface area contributed by atoms with Gasteiger partial charge in [-0.2, -0.15) is 0 Å². The first-order valence-corrected chi connectivity index (χ1v) is 10.2. The first-order chi connectivity index (χ1) is 13.4. The Morgan fingerprint density at radius 2 is 1.96 bits per heavy atom. The summed E-state index contributed by atoms with van der Waals surface area (Å²) in [6.07, 6.45) is 0. The molecular formula is C22H24N3O2S+. The maximum absolute atomic E-state index is 13.3. The van der Waals surface area contributed by atoms with Crippen molar-refractivity contribution in [2.24, 2.45) is 0 Å². The lowest BCUT2D eigenvalue weighted by Crippen LogP contribution is -3.06. The van der Waals surface area contributed by atoms with Crippen LogP contribution in [0.25, 0.3) is 21.2 Å². The topological polar surface area (TPSA) is 50.8 Å². The maximum atomic E-state index is 13.3. The lowest BCUT2D eigenvalue weighted by molar-refractivity contribution is -0.856. The Labute approximate surface area is 168 Å². The van der Waals surface area contributed by atoms with Gasteiger partial charge in [0.05, 0.1) is 37.4 Å². The number of hydrogen-bond donors (Lipinski definition) is 1. The number of thiazole rings is 1. The molecule has 0 bridgehead atoms. The van der Waals surface area contributed by atoms with Crippen LogP contribution in [-0.4, -0.2) is 38.1 Å². The van der Waals surface area contributed by atoms with Gasteiger partial charge in [0.15, 0.2) is 10.9 Å². The molecule has 6 heteroatoms. The van der Waals surface area contributed by atoms with Gasteiger partial charge in [0.25, 0.3) is 5.91 Å². The van der Waals surface area contributed by atoms with Crippen molar-refractivity contribution in [2.45, 2.75) is 13.8 Å². The molecule has 5 nitrogen and oxygen atoms in total. The van der Waals surface area contributed by atoms with Crippen LogP contribution in [0.2, 0.25) is 0 Å². The molecule has 28 heavy (non-hydrogen) atoms. The Balaban J connectivity index is 1.76. The molecule has 0 atom stereocenters. The number of nitrogens with zero attached hydrogens (tertiary/aromatic N) is 2. The van der Waals surface area contributed by atoms with E-state index >= 15 is 0 Å². The van der Waals surface area contributed by atoms with Gasteiger partial charge < -0.3 is 9.32 Å². The molecular weight excluding hydrogens is 370 g/mol. The van der Waals surface area contributed by atoms with Gasteiger partial charge in [-0.25, -0.2) is 4.98 Å². The first kappa shape index (κ1) is 18.7. The molecule has 0 aliphatic carbocycles. The van der Waals surface area contributed by atoms with Crippen LogP contribution in [0.4, 0.5) is 5.13 Å². The number of para-hydroxylation sites is 1. The lowest BCUT2D eigenvalue weighted by atomic mass is 10.1. The number of hydrogen-bond acceptors (Lipinski definition) is 4. The third-order valence-electron chi connectivity index (χ3n) is 4.76. The zero-order valence-corrected chi connectivity index (χ0v) is 17.4. The van der Waals surface area contributed by atoms with Crippen molar-refractivity contribution in [1.82, 2.24) is 4.98 Å². The smallest absolute Gasteiger partial charge is 0.296 e. The summed E-state index contributed by atoms with van der Waals surface area (Å²) in [5, 5.41) is 1.65. The van der Waals surface area contributed by atoms with E-state index in [9.17, 15) is 4.79 Å². The molecule has 4 aromatic rings. The van der Waals surface area contributed by atoms with Gasteiger partial charge in [-0.3, -0.25) is 9.69 Å². The number of benzene rings is 2. The number of carbonyl (C=O) groups excluding carboxylic acids is 1. The summed E-state index contributed by atoms with van der Waals surface area (Å²) >= 11 is 1.57. The fourth-order valence-corrected chi connectivity index (χ4v) is 4.36. The van der Waals surface area contributed by atoms with Crippen LogP contribution in [0.5, 0.6) is 0 Å². The number of aromatic nitrogens is 1. The standard InChI is InChI=1S/C22H23N3O2S/c1-14-11-15(2)20-17(12-14)23-22(28-20)25(10-9-24(3)4)21(26)19-13-16-7-5-6-8-18(16)27-19/h5-8,11-13H,9-10H2,1-4H3/p+1. The second-order valence-electron chi connectivity index (χ2n) is 7.49. The Morgan fingerprint density at radius 3 is 2.71 bits per heavy atom. The number of quaternary nitrogens is 1. The molecule has 1 amide bonds. The van der Waals surface area contributed by atoms with E-state index in [1.54, 1.807) is 16.2 Å². The Kier molecular flexibility index (Phi) is 4.91. The van der Waals surface area contributed by atoms with E-state index in [0.29, 0.717) is 12.3 Å². The van der Waals surface area contributed by atoms with Crippen molar-refractivity contribution in [3.63, 3.8) is 0 Å². The van der Waals surface area contributed by atoms with E-state index in [4.69, 9.17) is 9.40 Å². The normalized spacial score (nSPS) is 11.6. The Morgan fingerprint density at radius 1 is 1.18 bits per heavy atom.